The molecule has 0 bridgehead atoms. The lowest BCUT2D eigenvalue weighted by Gasteiger charge is -2.01. The Morgan fingerprint density at radius 2 is 2.11 bits per heavy atom. The molecular formula is C12H13N3O3. The van der Waals surface area contributed by atoms with Crippen molar-refractivity contribution < 1.29 is 14.7 Å². The van der Waals surface area contributed by atoms with E-state index in [0.717, 1.165) is 10.9 Å². The quantitative estimate of drug-likeness (QED) is 0.691. The van der Waals surface area contributed by atoms with Gasteiger partial charge in [-0.2, -0.15) is 5.10 Å². The Kier molecular flexibility index (Phi) is 3.57. The van der Waals surface area contributed by atoms with E-state index >= 15 is 0 Å². The highest BCUT2D eigenvalue weighted by Gasteiger charge is 2.12. The molecule has 0 saturated heterocycles. The van der Waals surface area contributed by atoms with Gasteiger partial charge in [-0.15, -0.1) is 0 Å². The average Bonchev–Trinajstić information content (AvgIpc) is 2.78. The molecule has 2 rings (SSSR count). The van der Waals surface area contributed by atoms with Gasteiger partial charge in [-0.25, -0.2) is 0 Å². The number of benzene rings is 1. The molecule has 6 heteroatoms. The molecule has 0 aliphatic carbocycles. The van der Waals surface area contributed by atoms with E-state index in [0.29, 0.717) is 18.7 Å². The molecule has 3 N–H and O–H groups in total. The number of hydrogen-bond acceptors (Lipinski definition) is 3. The van der Waals surface area contributed by atoms with Crippen LogP contribution in [0.25, 0.3) is 10.9 Å². The number of nitrogens with zero attached hydrogens (tertiary/aromatic N) is 1. The summed E-state index contributed by atoms with van der Waals surface area (Å²) >= 11 is 0. The van der Waals surface area contributed by atoms with E-state index in [-0.39, 0.29) is 12.3 Å². The normalized spacial score (nSPS) is 10.4. The van der Waals surface area contributed by atoms with Crippen molar-refractivity contribution in [1.82, 2.24) is 15.5 Å². The molecule has 94 valence electrons. The summed E-state index contributed by atoms with van der Waals surface area (Å²) in [5.41, 5.74) is 1.13. The highest BCUT2D eigenvalue weighted by Crippen LogP contribution is 2.14. The van der Waals surface area contributed by atoms with E-state index < -0.39 is 5.97 Å². The number of nitrogens with one attached hydrogen (secondary N) is 2. The smallest absolute Gasteiger partial charge is 0.303 e. The van der Waals surface area contributed by atoms with Crippen molar-refractivity contribution in [2.75, 3.05) is 6.54 Å². The minimum absolute atomic E-state index is 0.0432. The van der Waals surface area contributed by atoms with E-state index in [2.05, 4.69) is 15.5 Å². The Balaban J connectivity index is 1.99. The van der Waals surface area contributed by atoms with Crippen molar-refractivity contribution in [3.05, 3.63) is 30.0 Å². The van der Waals surface area contributed by atoms with E-state index in [1.807, 2.05) is 24.3 Å². The fourth-order valence-corrected chi connectivity index (χ4v) is 1.66. The number of carboxylic acids is 1. The summed E-state index contributed by atoms with van der Waals surface area (Å²) in [5.74, 6) is -1.16. The van der Waals surface area contributed by atoms with Crippen LogP contribution in [0.5, 0.6) is 0 Å². The second kappa shape index (κ2) is 5.31. The van der Waals surface area contributed by atoms with Gasteiger partial charge in [-0.05, 0) is 12.5 Å². The predicted octanol–water partition coefficient (Wildman–Crippen LogP) is 1.16. The number of carboxylic acid groups (broad SMARTS) is 1. The first-order valence-corrected chi connectivity index (χ1v) is 5.61. The molecule has 0 atom stereocenters. The third-order valence-corrected chi connectivity index (χ3v) is 2.54. The molecule has 1 aromatic heterocycles. The predicted molar refractivity (Wildman–Crippen MR) is 65.3 cm³/mol. The van der Waals surface area contributed by atoms with Crippen LogP contribution >= 0.6 is 0 Å². The highest BCUT2D eigenvalue weighted by atomic mass is 16.4. The maximum Gasteiger partial charge on any atom is 0.303 e. The van der Waals surface area contributed by atoms with Gasteiger partial charge in [0.05, 0.1) is 5.52 Å². The van der Waals surface area contributed by atoms with Gasteiger partial charge in [-0.1, -0.05) is 18.2 Å². The third-order valence-electron chi connectivity index (χ3n) is 2.54. The SMILES string of the molecule is O=C(O)CCCNC(=O)c1n[nH]c2ccccc12. The van der Waals surface area contributed by atoms with Crippen LogP contribution in [-0.4, -0.2) is 33.7 Å². The first-order chi connectivity index (χ1) is 8.68. The van der Waals surface area contributed by atoms with Crippen molar-refractivity contribution in [2.24, 2.45) is 0 Å². The van der Waals surface area contributed by atoms with Crippen LogP contribution in [0.2, 0.25) is 0 Å². The van der Waals surface area contributed by atoms with Crippen molar-refractivity contribution >= 4 is 22.8 Å². The van der Waals surface area contributed by atoms with Gasteiger partial charge >= 0.3 is 5.97 Å². The topological polar surface area (TPSA) is 95.1 Å². The molecule has 0 fully saturated rings. The monoisotopic (exact) mass is 247 g/mol. The summed E-state index contributed by atoms with van der Waals surface area (Å²) < 4.78 is 0. The Labute approximate surface area is 103 Å². The molecular weight excluding hydrogens is 234 g/mol. The number of hydrogen-bond donors (Lipinski definition) is 3. The minimum Gasteiger partial charge on any atom is -0.481 e. The molecule has 0 spiro atoms. The lowest BCUT2D eigenvalue weighted by atomic mass is 10.2. The fraction of sp³-hybridized carbons (Fsp3) is 0.250. The average molecular weight is 247 g/mol. The summed E-state index contributed by atoms with van der Waals surface area (Å²) in [6.07, 6.45) is 0.449. The number of carbonyl (C=O) groups excluding carboxylic acids is 1. The maximum atomic E-state index is 11.8. The highest BCUT2D eigenvalue weighted by molar-refractivity contribution is 6.04. The number of amides is 1. The molecule has 0 radical (unpaired) electrons. The van der Waals surface area contributed by atoms with Crippen LogP contribution in [0.3, 0.4) is 0 Å². The first kappa shape index (κ1) is 12.1. The van der Waals surface area contributed by atoms with Crippen LogP contribution in [0, 0.1) is 0 Å². The Morgan fingerprint density at radius 1 is 1.33 bits per heavy atom. The third kappa shape index (κ3) is 2.65. The van der Waals surface area contributed by atoms with Gasteiger partial charge in [0.1, 0.15) is 0 Å². The maximum absolute atomic E-state index is 11.8. The van der Waals surface area contributed by atoms with E-state index in [9.17, 15) is 9.59 Å². The zero-order valence-corrected chi connectivity index (χ0v) is 9.64. The number of para-hydroxylation sites is 1. The molecule has 0 unspecified atom stereocenters. The summed E-state index contributed by atoms with van der Waals surface area (Å²) in [6.45, 7) is 0.326. The molecule has 0 aliphatic heterocycles. The van der Waals surface area contributed by atoms with Crippen molar-refractivity contribution in [1.29, 1.82) is 0 Å². The number of H-pyrrole nitrogens is 1. The molecule has 0 saturated carbocycles. The number of carbonyl (C=O) groups is 2. The summed E-state index contributed by atoms with van der Waals surface area (Å²) in [4.78, 5) is 22.1. The van der Waals surface area contributed by atoms with Gasteiger partial charge < -0.3 is 10.4 Å². The summed E-state index contributed by atoms with van der Waals surface area (Å²) in [6, 6.07) is 7.34. The Morgan fingerprint density at radius 3 is 2.89 bits per heavy atom. The van der Waals surface area contributed by atoms with E-state index in [1.54, 1.807) is 0 Å². The lowest BCUT2D eigenvalue weighted by Crippen LogP contribution is -2.25. The van der Waals surface area contributed by atoms with Gasteiger partial charge in [0.2, 0.25) is 0 Å². The van der Waals surface area contributed by atoms with Crippen molar-refractivity contribution in [3.8, 4) is 0 Å². The van der Waals surface area contributed by atoms with Crippen molar-refractivity contribution in [3.63, 3.8) is 0 Å². The van der Waals surface area contributed by atoms with Gasteiger partial charge in [0.15, 0.2) is 5.69 Å². The van der Waals surface area contributed by atoms with Crippen LogP contribution in [-0.2, 0) is 4.79 Å². The van der Waals surface area contributed by atoms with Crippen LogP contribution < -0.4 is 5.32 Å². The van der Waals surface area contributed by atoms with Crippen LogP contribution in [0.1, 0.15) is 23.3 Å². The number of rotatable bonds is 5. The van der Waals surface area contributed by atoms with Crippen molar-refractivity contribution in [2.45, 2.75) is 12.8 Å². The van der Waals surface area contributed by atoms with Gasteiger partial charge in [-0.3, -0.25) is 14.7 Å². The number of fused-ring (bicyclic) bond motifs is 1. The van der Waals surface area contributed by atoms with E-state index in [1.165, 1.54) is 0 Å². The standard InChI is InChI=1S/C12H13N3O3/c16-10(17)6-3-7-13-12(18)11-8-4-1-2-5-9(8)14-15-11/h1-2,4-5H,3,6-7H2,(H,13,18)(H,14,15)(H,16,17). The molecule has 0 aliphatic rings. The molecule has 18 heavy (non-hydrogen) atoms. The molecule has 6 nitrogen and oxygen atoms in total. The zero-order chi connectivity index (χ0) is 13.0. The fourth-order valence-electron chi connectivity index (χ4n) is 1.66. The lowest BCUT2D eigenvalue weighted by molar-refractivity contribution is -0.137. The molecule has 1 amide bonds. The van der Waals surface area contributed by atoms with Crippen LogP contribution in [0.15, 0.2) is 24.3 Å². The number of aromatic nitrogens is 2. The minimum atomic E-state index is -0.866. The second-order valence-electron chi connectivity index (χ2n) is 3.87. The summed E-state index contributed by atoms with van der Waals surface area (Å²) in [7, 11) is 0. The van der Waals surface area contributed by atoms with E-state index in [4.69, 9.17) is 5.11 Å². The Bertz CT molecular complexity index is 577. The second-order valence-corrected chi connectivity index (χ2v) is 3.87. The van der Waals surface area contributed by atoms with Gasteiger partial charge in [0, 0.05) is 18.4 Å². The molecule has 1 heterocycles. The first-order valence-electron chi connectivity index (χ1n) is 5.61. The summed E-state index contributed by atoms with van der Waals surface area (Å²) in [5, 5.41) is 18.6. The Hall–Kier alpha value is -2.37. The molecule has 2 aromatic rings. The number of aromatic amines is 1. The largest absolute Gasteiger partial charge is 0.481 e. The number of aliphatic carboxylic acids is 1. The zero-order valence-electron chi connectivity index (χ0n) is 9.64. The van der Waals surface area contributed by atoms with Crippen LogP contribution in [0.4, 0.5) is 0 Å². The molecule has 1 aromatic carbocycles. The van der Waals surface area contributed by atoms with Gasteiger partial charge in [0.25, 0.3) is 5.91 Å².